The van der Waals surface area contributed by atoms with Crippen molar-refractivity contribution in [3.8, 4) is 0 Å². The van der Waals surface area contributed by atoms with E-state index >= 15 is 0 Å². The largest absolute Gasteiger partial charge is 0.419 e. The lowest BCUT2D eigenvalue weighted by molar-refractivity contribution is -0.222. The van der Waals surface area contributed by atoms with Crippen molar-refractivity contribution in [3.05, 3.63) is 11.1 Å². The molecule has 0 aromatic heterocycles. The first kappa shape index (κ1) is 11.3. The second kappa shape index (κ2) is 2.92. The quantitative estimate of drug-likeness (QED) is 0.388. The molecule has 8 atom stereocenters. The molecule has 6 saturated carbocycles. The van der Waals surface area contributed by atoms with Crippen LogP contribution in [0, 0.1) is 47.3 Å². The van der Waals surface area contributed by atoms with Gasteiger partial charge in [0, 0.05) is 13.8 Å². The van der Waals surface area contributed by atoms with Crippen molar-refractivity contribution < 1.29 is 19.1 Å². The molecule has 7 aliphatic rings. The van der Waals surface area contributed by atoms with Crippen LogP contribution in [0.2, 0.25) is 0 Å². The van der Waals surface area contributed by atoms with E-state index in [2.05, 4.69) is 0 Å². The fourth-order valence-corrected chi connectivity index (χ4v) is 7.54. The van der Waals surface area contributed by atoms with Gasteiger partial charge in [-0.15, -0.1) is 0 Å². The first-order valence-corrected chi connectivity index (χ1v) is 8.19. The Balaban J connectivity index is 1.54. The van der Waals surface area contributed by atoms with Gasteiger partial charge in [0.05, 0.1) is 0 Å². The molecule has 110 valence electrons. The number of carbonyl (C=O) groups excluding carboxylic acids is 2. The van der Waals surface area contributed by atoms with Gasteiger partial charge in [0.1, 0.15) is 5.57 Å². The minimum Gasteiger partial charge on any atom is -0.419 e. The highest BCUT2D eigenvalue weighted by Crippen LogP contribution is 2.84. The van der Waals surface area contributed by atoms with Crippen LogP contribution >= 0.6 is 0 Å². The Hall–Kier alpha value is -1.32. The normalized spacial score (nSPS) is 56.9. The fraction of sp³-hybridized carbons (Fsp3) is 0.765. The van der Waals surface area contributed by atoms with Gasteiger partial charge < -0.3 is 9.47 Å². The zero-order valence-corrected chi connectivity index (χ0v) is 12.2. The molecule has 0 spiro atoms. The van der Waals surface area contributed by atoms with Crippen LogP contribution in [0.4, 0.5) is 0 Å². The van der Waals surface area contributed by atoms with Crippen molar-refractivity contribution in [1.29, 1.82) is 0 Å². The SMILES string of the molecule is CC1(C)OC(=O)C(=C2[C@@H]3[C@H]4C[C@@H]5[C@H]6C[C@H]([C@@H]2[C@H]64)[C@@H]53)C(=O)O1. The monoisotopic (exact) mass is 286 g/mol. The third kappa shape index (κ3) is 0.984. The van der Waals surface area contributed by atoms with Crippen molar-refractivity contribution in [1.82, 2.24) is 0 Å². The maximum absolute atomic E-state index is 12.4. The van der Waals surface area contributed by atoms with E-state index in [1.807, 2.05) is 0 Å². The fourth-order valence-electron chi connectivity index (χ4n) is 7.54. The second-order valence-electron chi connectivity index (χ2n) is 8.34. The molecule has 4 nitrogen and oxygen atoms in total. The number of ether oxygens (including phenoxy) is 2. The van der Waals surface area contributed by atoms with E-state index in [0.29, 0.717) is 11.8 Å². The summed E-state index contributed by atoms with van der Waals surface area (Å²) in [6, 6.07) is 0. The summed E-state index contributed by atoms with van der Waals surface area (Å²) >= 11 is 0. The molecular weight excluding hydrogens is 268 g/mol. The summed E-state index contributed by atoms with van der Waals surface area (Å²) in [5.41, 5.74) is 1.42. The smallest absolute Gasteiger partial charge is 0.348 e. The lowest BCUT2D eigenvalue weighted by Gasteiger charge is -2.33. The van der Waals surface area contributed by atoms with Crippen LogP contribution < -0.4 is 0 Å². The molecule has 0 N–H and O–H groups in total. The number of allylic oxidation sites excluding steroid dienone is 1. The maximum atomic E-state index is 12.4. The standard InChI is InChI=1S/C17H18O4/c1-17(2)20-15(18)14(16(19)21-17)13-11-7-3-5-6-4-8(9(5)11)12(13)10(6)7/h5-12H,3-4H2,1-2H3/t5-,6-,7+,8+,9-,10-,11-,12-/m1/s1. The number of hydrogen-bond donors (Lipinski definition) is 0. The van der Waals surface area contributed by atoms with Crippen LogP contribution in [0.5, 0.6) is 0 Å². The Morgan fingerprint density at radius 2 is 1.33 bits per heavy atom. The van der Waals surface area contributed by atoms with E-state index < -0.39 is 17.7 Å². The average Bonchev–Trinajstić information content (AvgIpc) is 3.02. The minimum atomic E-state index is -1.13. The highest BCUT2D eigenvalue weighted by atomic mass is 16.7. The van der Waals surface area contributed by atoms with E-state index in [4.69, 9.17) is 9.47 Å². The number of carbonyl (C=O) groups is 2. The Kier molecular flexibility index (Phi) is 1.57. The summed E-state index contributed by atoms with van der Waals surface area (Å²) in [6.45, 7) is 3.23. The molecule has 0 unspecified atom stereocenters. The molecule has 1 aliphatic heterocycles. The topological polar surface area (TPSA) is 52.6 Å². The number of esters is 2. The number of hydrogen-bond acceptors (Lipinski definition) is 4. The van der Waals surface area contributed by atoms with Crippen LogP contribution in [0.3, 0.4) is 0 Å². The molecule has 7 rings (SSSR count). The van der Waals surface area contributed by atoms with Crippen LogP contribution in [0.25, 0.3) is 0 Å². The lowest BCUT2D eigenvalue weighted by atomic mass is 9.71. The van der Waals surface area contributed by atoms with Gasteiger partial charge in [0.2, 0.25) is 0 Å². The minimum absolute atomic E-state index is 0.271. The molecule has 1 heterocycles. The van der Waals surface area contributed by atoms with Gasteiger partial charge in [-0.05, 0) is 65.8 Å². The van der Waals surface area contributed by atoms with Gasteiger partial charge in [-0.2, -0.15) is 0 Å². The molecule has 0 aromatic rings. The molecule has 6 bridgehead atoms. The third-order valence-electron chi connectivity index (χ3n) is 7.46. The Labute approximate surface area is 122 Å². The summed E-state index contributed by atoms with van der Waals surface area (Å²) in [7, 11) is 0. The van der Waals surface area contributed by atoms with Crippen LogP contribution in [-0.2, 0) is 19.1 Å². The molecule has 0 aromatic carbocycles. The first-order valence-electron chi connectivity index (χ1n) is 8.19. The molecule has 1 saturated heterocycles. The Morgan fingerprint density at radius 1 is 0.857 bits per heavy atom. The van der Waals surface area contributed by atoms with Gasteiger partial charge in [-0.25, -0.2) is 9.59 Å². The average molecular weight is 286 g/mol. The van der Waals surface area contributed by atoms with E-state index in [9.17, 15) is 9.59 Å². The highest BCUT2D eigenvalue weighted by molar-refractivity contribution is 6.16. The van der Waals surface area contributed by atoms with E-state index in [-0.39, 0.29) is 5.57 Å². The predicted octanol–water partition coefficient (Wildman–Crippen LogP) is 1.90. The zero-order valence-electron chi connectivity index (χ0n) is 12.2. The summed E-state index contributed by atoms with van der Waals surface area (Å²) < 4.78 is 10.7. The molecule has 6 aliphatic carbocycles. The zero-order chi connectivity index (χ0) is 14.3. The van der Waals surface area contributed by atoms with Gasteiger partial charge >= 0.3 is 11.9 Å². The molecular formula is C17H18O4. The summed E-state index contributed by atoms with van der Waals surface area (Å²) in [6.07, 6.45) is 2.67. The van der Waals surface area contributed by atoms with E-state index in [1.165, 1.54) is 12.8 Å². The van der Waals surface area contributed by atoms with Crippen molar-refractivity contribution in [3.63, 3.8) is 0 Å². The molecule has 0 radical (unpaired) electrons. The highest BCUT2D eigenvalue weighted by Gasteiger charge is 2.79. The van der Waals surface area contributed by atoms with Crippen molar-refractivity contribution >= 4 is 11.9 Å². The van der Waals surface area contributed by atoms with Crippen LogP contribution in [-0.4, -0.2) is 17.7 Å². The summed E-state index contributed by atoms with van der Waals surface area (Å²) in [5, 5.41) is 0. The summed E-state index contributed by atoms with van der Waals surface area (Å²) in [5.74, 6) is 3.74. The summed E-state index contributed by atoms with van der Waals surface area (Å²) in [4.78, 5) is 24.8. The first-order chi connectivity index (χ1) is 9.98. The lowest BCUT2D eigenvalue weighted by Crippen LogP contribution is -2.42. The van der Waals surface area contributed by atoms with Gasteiger partial charge in [-0.1, -0.05) is 0 Å². The number of rotatable bonds is 0. The Bertz CT molecular complexity index is 608. The molecule has 7 fully saturated rings. The van der Waals surface area contributed by atoms with Gasteiger partial charge in [0.15, 0.2) is 0 Å². The van der Waals surface area contributed by atoms with Gasteiger partial charge in [-0.3, -0.25) is 0 Å². The van der Waals surface area contributed by atoms with Gasteiger partial charge in [0.25, 0.3) is 5.79 Å². The molecule has 0 amide bonds. The van der Waals surface area contributed by atoms with E-state index in [1.54, 1.807) is 13.8 Å². The maximum Gasteiger partial charge on any atom is 0.348 e. The van der Waals surface area contributed by atoms with Crippen molar-refractivity contribution in [2.75, 3.05) is 0 Å². The van der Waals surface area contributed by atoms with Crippen LogP contribution in [0.15, 0.2) is 11.1 Å². The van der Waals surface area contributed by atoms with Crippen molar-refractivity contribution in [2.24, 2.45) is 47.3 Å². The molecule has 21 heavy (non-hydrogen) atoms. The van der Waals surface area contributed by atoms with Crippen LogP contribution in [0.1, 0.15) is 26.7 Å². The van der Waals surface area contributed by atoms with Crippen molar-refractivity contribution in [2.45, 2.75) is 32.5 Å². The van der Waals surface area contributed by atoms with E-state index in [0.717, 1.165) is 41.1 Å². The second-order valence-corrected chi connectivity index (χ2v) is 8.34. The number of cyclic esters (lactones) is 2. The molecule has 4 heteroatoms. The Morgan fingerprint density at radius 3 is 1.81 bits per heavy atom. The third-order valence-corrected chi connectivity index (χ3v) is 7.46. The predicted molar refractivity (Wildman–Crippen MR) is 70.4 cm³/mol.